The van der Waals surface area contributed by atoms with E-state index in [1.807, 2.05) is 11.8 Å². The second-order valence-electron chi connectivity index (χ2n) is 8.13. The summed E-state index contributed by atoms with van der Waals surface area (Å²) in [5, 5.41) is 0.403. The molecule has 2 aliphatic rings. The first-order chi connectivity index (χ1) is 13.9. The van der Waals surface area contributed by atoms with Crippen molar-refractivity contribution in [2.24, 2.45) is 5.92 Å². The number of benzene rings is 1. The minimum Gasteiger partial charge on any atom is -0.493 e. The van der Waals surface area contributed by atoms with Crippen LogP contribution in [-0.4, -0.2) is 74.4 Å². The van der Waals surface area contributed by atoms with Crippen LogP contribution in [0.3, 0.4) is 0 Å². The highest BCUT2D eigenvalue weighted by atomic mass is 35.5. The van der Waals surface area contributed by atoms with Crippen molar-refractivity contribution in [1.82, 2.24) is 9.80 Å². The zero-order valence-corrected chi connectivity index (χ0v) is 18.7. The molecule has 2 saturated heterocycles. The van der Waals surface area contributed by atoms with E-state index in [0.29, 0.717) is 46.8 Å². The lowest BCUT2D eigenvalue weighted by molar-refractivity contribution is -0.0728. The Kier molecular flexibility index (Phi) is 7.66. The summed E-state index contributed by atoms with van der Waals surface area (Å²) in [6.07, 6.45) is 2.63. The molecule has 2 fully saturated rings. The fourth-order valence-electron chi connectivity index (χ4n) is 4.43. The Morgan fingerprint density at radius 2 is 1.86 bits per heavy atom. The quantitative estimate of drug-likeness (QED) is 0.696. The number of carbonyl (C=O) groups is 1. The Balaban J connectivity index is 1.58. The molecule has 2 atom stereocenters. The molecule has 0 aromatic heterocycles. The Bertz CT molecular complexity index is 696. The molecule has 2 heterocycles. The van der Waals surface area contributed by atoms with Gasteiger partial charge in [0.25, 0.3) is 5.91 Å². The van der Waals surface area contributed by atoms with E-state index in [2.05, 4.69) is 18.7 Å². The highest BCUT2D eigenvalue weighted by Gasteiger charge is 2.29. The molecule has 0 N–H and O–H groups in total. The summed E-state index contributed by atoms with van der Waals surface area (Å²) in [5.74, 6) is 1.60. The Hall–Kier alpha value is -1.50. The molecule has 2 unspecified atom stereocenters. The third-order valence-corrected chi connectivity index (χ3v) is 5.96. The Morgan fingerprint density at radius 3 is 2.45 bits per heavy atom. The van der Waals surface area contributed by atoms with E-state index in [1.54, 1.807) is 19.2 Å². The summed E-state index contributed by atoms with van der Waals surface area (Å²) in [4.78, 5) is 17.5. The molecule has 6 nitrogen and oxygen atoms in total. The third kappa shape index (κ3) is 5.56. The van der Waals surface area contributed by atoms with Crippen LogP contribution >= 0.6 is 11.6 Å². The normalized spacial score (nSPS) is 23.8. The van der Waals surface area contributed by atoms with Crippen molar-refractivity contribution in [2.45, 2.75) is 45.8 Å². The number of methoxy groups -OCH3 is 1. The lowest BCUT2D eigenvalue weighted by atomic mass is 9.95. The van der Waals surface area contributed by atoms with Crippen LogP contribution in [-0.2, 0) is 4.74 Å². The van der Waals surface area contributed by atoms with Gasteiger partial charge in [0.1, 0.15) is 0 Å². The molecule has 0 aliphatic carbocycles. The first kappa shape index (κ1) is 22.2. The van der Waals surface area contributed by atoms with E-state index >= 15 is 0 Å². The highest BCUT2D eigenvalue weighted by molar-refractivity contribution is 6.32. The molecule has 0 radical (unpaired) electrons. The fraction of sp³-hybridized carbons (Fsp3) is 0.682. The van der Waals surface area contributed by atoms with Crippen molar-refractivity contribution in [3.63, 3.8) is 0 Å². The number of amides is 1. The van der Waals surface area contributed by atoms with Crippen molar-refractivity contribution in [1.29, 1.82) is 0 Å². The van der Waals surface area contributed by atoms with E-state index in [1.165, 1.54) is 0 Å². The van der Waals surface area contributed by atoms with Gasteiger partial charge in [-0.25, -0.2) is 0 Å². The molecule has 0 saturated carbocycles. The van der Waals surface area contributed by atoms with Crippen LogP contribution < -0.4 is 9.47 Å². The second kappa shape index (κ2) is 10.0. The van der Waals surface area contributed by atoms with Gasteiger partial charge in [-0.05, 0) is 51.7 Å². The number of rotatable bonds is 6. The van der Waals surface area contributed by atoms with Crippen LogP contribution in [0.2, 0.25) is 5.02 Å². The number of hydrogen-bond donors (Lipinski definition) is 0. The van der Waals surface area contributed by atoms with Crippen molar-refractivity contribution in [3.8, 4) is 11.5 Å². The Labute approximate surface area is 179 Å². The molecule has 7 heteroatoms. The van der Waals surface area contributed by atoms with Gasteiger partial charge in [-0.15, -0.1) is 0 Å². The highest BCUT2D eigenvalue weighted by Crippen LogP contribution is 2.37. The minimum absolute atomic E-state index is 0.000292. The van der Waals surface area contributed by atoms with Gasteiger partial charge in [0.15, 0.2) is 11.5 Å². The van der Waals surface area contributed by atoms with Crippen LogP contribution in [0.25, 0.3) is 0 Å². The summed E-state index contributed by atoms with van der Waals surface area (Å²) >= 11 is 6.34. The van der Waals surface area contributed by atoms with Gasteiger partial charge in [0.05, 0.1) is 30.9 Å². The topological polar surface area (TPSA) is 51.2 Å². The van der Waals surface area contributed by atoms with Crippen molar-refractivity contribution < 1.29 is 19.0 Å². The molecule has 3 rings (SSSR count). The van der Waals surface area contributed by atoms with E-state index < -0.39 is 0 Å². The van der Waals surface area contributed by atoms with Gasteiger partial charge in [-0.3, -0.25) is 9.69 Å². The first-order valence-corrected chi connectivity index (χ1v) is 11.0. The number of halogens is 1. The summed E-state index contributed by atoms with van der Waals surface area (Å²) in [6.45, 7) is 11.3. The zero-order chi connectivity index (χ0) is 21.0. The van der Waals surface area contributed by atoms with E-state index in [4.69, 9.17) is 25.8 Å². The predicted molar refractivity (Wildman–Crippen MR) is 114 cm³/mol. The molecule has 162 valence electrons. The number of nitrogens with zero attached hydrogens (tertiary/aromatic N) is 2. The fourth-order valence-corrected chi connectivity index (χ4v) is 4.69. The standard InChI is InChI=1S/C22H33ClN2O4/c1-5-28-21-19(23)10-18(11-20(21)27-4)22(26)25-8-6-17(7-9-25)14-24-12-15(2)29-16(3)13-24/h10-11,15-17H,5-9,12-14H2,1-4H3. The molecule has 29 heavy (non-hydrogen) atoms. The monoisotopic (exact) mass is 424 g/mol. The summed E-state index contributed by atoms with van der Waals surface area (Å²) < 4.78 is 16.8. The van der Waals surface area contributed by atoms with E-state index in [-0.39, 0.29) is 5.91 Å². The maximum absolute atomic E-state index is 13.0. The summed E-state index contributed by atoms with van der Waals surface area (Å²) in [5.41, 5.74) is 0.546. The summed E-state index contributed by atoms with van der Waals surface area (Å²) in [6, 6.07) is 3.40. The SMILES string of the molecule is CCOc1c(Cl)cc(C(=O)N2CCC(CN3CC(C)OC(C)C3)CC2)cc1OC. The molecular formula is C22H33ClN2O4. The molecule has 1 aromatic carbocycles. The van der Waals surface area contributed by atoms with E-state index in [0.717, 1.165) is 45.6 Å². The van der Waals surface area contributed by atoms with Crippen LogP contribution in [0.15, 0.2) is 12.1 Å². The molecule has 1 amide bonds. The number of morpholine rings is 1. The maximum atomic E-state index is 13.0. The van der Waals surface area contributed by atoms with Crippen molar-refractivity contribution in [2.75, 3.05) is 46.4 Å². The lowest BCUT2D eigenvalue weighted by Crippen LogP contribution is -2.48. The molecule has 0 bridgehead atoms. The van der Waals surface area contributed by atoms with Gasteiger partial charge in [-0.2, -0.15) is 0 Å². The molecule has 1 aromatic rings. The average Bonchev–Trinajstić information content (AvgIpc) is 2.68. The van der Waals surface area contributed by atoms with Crippen LogP contribution in [0, 0.1) is 5.92 Å². The molecular weight excluding hydrogens is 392 g/mol. The van der Waals surface area contributed by atoms with E-state index in [9.17, 15) is 4.79 Å². The molecule has 2 aliphatic heterocycles. The maximum Gasteiger partial charge on any atom is 0.254 e. The number of piperidine rings is 1. The summed E-state index contributed by atoms with van der Waals surface area (Å²) in [7, 11) is 1.56. The minimum atomic E-state index is 0.000292. The third-order valence-electron chi connectivity index (χ3n) is 5.68. The number of likely N-dealkylation sites (tertiary alicyclic amines) is 1. The van der Waals surface area contributed by atoms with Crippen LogP contribution in [0.1, 0.15) is 44.0 Å². The Morgan fingerprint density at radius 1 is 1.21 bits per heavy atom. The largest absolute Gasteiger partial charge is 0.493 e. The predicted octanol–water partition coefficient (Wildman–Crippen LogP) is 3.71. The van der Waals surface area contributed by atoms with Crippen molar-refractivity contribution >= 4 is 17.5 Å². The van der Waals surface area contributed by atoms with Gasteiger partial charge in [-0.1, -0.05) is 11.6 Å². The van der Waals surface area contributed by atoms with Crippen LogP contribution in [0.5, 0.6) is 11.5 Å². The first-order valence-electron chi connectivity index (χ1n) is 10.6. The smallest absolute Gasteiger partial charge is 0.254 e. The van der Waals surface area contributed by atoms with Gasteiger partial charge in [0.2, 0.25) is 0 Å². The second-order valence-corrected chi connectivity index (χ2v) is 8.54. The lowest BCUT2D eigenvalue weighted by Gasteiger charge is -2.39. The number of ether oxygens (including phenoxy) is 3. The van der Waals surface area contributed by atoms with Gasteiger partial charge in [0, 0.05) is 38.3 Å². The number of carbonyl (C=O) groups excluding carboxylic acids is 1. The van der Waals surface area contributed by atoms with Crippen molar-refractivity contribution in [3.05, 3.63) is 22.7 Å². The van der Waals surface area contributed by atoms with Crippen LogP contribution in [0.4, 0.5) is 0 Å². The average molecular weight is 425 g/mol. The zero-order valence-electron chi connectivity index (χ0n) is 17.9. The molecule has 0 spiro atoms. The van der Waals surface area contributed by atoms with Gasteiger partial charge >= 0.3 is 0 Å². The number of hydrogen-bond acceptors (Lipinski definition) is 5. The van der Waals surface area contributed by atoms with Gasteiger partial charge < -0.3 is 19.1 Å².